The van der Waals surface area contributed by atoms with Crippen LogP contribution < -0.4 is 4.74 Å². The number of aromatic nitrogens is 3. The van der Waals surface area contributed by atoms with E-state index in [1.165, 1.54) is 0 Å². The predicted molar refractivity (Wildman–Crippen MR) is 53.8 cm³/mol. The van der Waals surface area contributed by atoms with Crippen LogP contribution in [-0.4, -0.2) is 21.7 Å². The highest BCUT2D eigenvalue weighted by atomic mass is 16.5. The highest BCUT2D eigenvalue weighted by Gasteiger charge is 2.12. The molecule has 0 saturated heterocycles. The van der Waals surface area contributed by atoms with E-state index >= 15 is 0 Å². The molecule has 2 aromatic heterocycles. The first-order valence-corrected chi connectivity index (χ1v) is 4.50. The van der Waals surface area contributed by atoms with E-state index in [2.05, 4.69) is 10.1 Å². The van der Waals surface area contributed by atoms with Crippen molar-refractivity contribution in [3.63, 3.8) is 0 Å². The van der Waals surface area contributed by atoms with Gasteiger partial charge in [-0.15, -0.1) is 0 Å². The summed E-state index contributed by atoms with van der Waals surface area (Å²) in [5.41, 5.74) is 3.75. The minimum atomic E-state index is 0.815. The van der Waals surface area contributed by atoms with Crippen LogP contribution in [0.2, 0.25) is 0 Å². The van der Waals surface area contributed by atoms with E-state index in [9.17, 15) is 0 Å². The molecule has 4 nitrogen and oxygen atoms in total. The maximum Gasteiger partial charge on any atom is 0.169 e. The first-order valence-electron chi connectivity index (χ1n) is 4.50. The van der Waals surface area contributed by atoms with Gasteiger partial charge in [-0.1, -0.05) is 0 Å². The topological polar surface area (TPSA) is 39.4 Å². The number of rotatable bonds is 1. The smallest absolute Gasteiger partial charge is 0.169 e. The van der Waals surface area contributed by atoms with E-state index in [-0.39, 0.29) is 0 Å². The number of fused-ring (bicyclic) bond motifs is 1. The Labute approximate surface area is 82.5 Å². The van der Waals surface area contributed by atoms with Gasteiger partial charge in [-0.05, 0) is 20.8 Å². The number of hydrogen-bond donors (Lipinski definition) is 0. The Morgan fingerprint density at radius 2 is 1.93 bits per heavy atom. The molecule has 14 heavy (non-hydrogen) atoms. The Morgan fingerprint density at radius 3 is 2.57 bits per heavy atom. The van der Waals surface area contributed by atoms with E-state index in [1.54, 1.807) is 7.11 Å². The van der Waals surface area contributed by atoms with E-state index in [0.29, 0.717) is 0 Å². The zero-order valence-electron chi connectivity index (χ0n) is 8.83. The molecule has 0 aliphatic heterocycles. The second-order valence-corrected chi connectivity index (χ2v) is 3.38. The molecular weight excluding hydrogens is 178 g/mol. The Bertz CT molecular complexity index is 488. The molecule has 0 bridgehead atoms. The SMILES string of the molecule is COc1c(C)nn2cc(C)nc(C)c12. The van der Waals surface area contributed by atoms with Crippen molar-refractivity contribution >= 4 is 5.52 Å². The molecule has 0 radical (unpaired) electrons. The molecule has 2 heterocycles. The van der Waals surface area contributed by atoms with Crippen LogP contribution in [0, 0.1) is 20.8 Å². The van der Waals surface area contributed by atoms with Crippen molar-refractivity contribution in [2.75, 3.05) is 7.11 Å². The second kappa shape index (κ2) is 2.97. The molecule has 0 saturated carbocycles. The number of aryl methyl sites for hydroxylation is 3. The van der Waals surface area contributed by atoms with Crippen LogP contribution in [0.4, 0.5) is 0 Å². The lowest BCUT2D eigenvalue weighted by Gasteiger charge is -2.01. The average Bonchev–Trinajstić information content (AvgIpc) is 2.40. The van der Waals surface area contributed by atoms with Crippen LogP contribution in [0.15, 0.2) is 6.20 Å². The van der Waals surface area contributed by atoms with Gasteiger partial charge in [0.1, 0.15) is 11.2 Å². The van der Waals surface area contributed by atoms with Gasteiger partial charge in [-0.3, -0.25) is 4.98 Å². The molecule has 0 fully saturated rings. The highest BCUT2D eigenvalue weighted by Crippen LogP contribution is 2.25. The highest BCUT2D eigenvalue weighted by molar-refractivity contribution is 5.65. The van der Waals surface area contributed by atoms with Crippen LogP contribution in [-0.2, 0) is 0 Å². The number of methoxy groups -OCH3 is 1. The van der Waals surface area contributed by atoms with Crippen molar-refractivity contribution in [3.05, 3.63) is 23.3 Å². The van der Waals surface area contributed by atoms with Crippen molar-refractivity contribution in [1.29, 1.82) is 0 Å². The summed E-state index contributed by atoms with van der Waals surface area (Å²) in [5.74, 6) is 0.815. The molecule has 0 N–H and O–H groups in total. The third kappa shape index (κ3) is 1.14. The Kier molecular flexibility index (Phi) is 1.91. The maximum absolute atomic E-state index is 5.30. The van der Waals surface area contributed by atoms with E-state index in [0.717, 1.165) is 28.3 Å². The van der Waals surface area contributed by atoms with Gasteiger partial charge in [0.2, 0.25) is 0 Å². The van der Waals surface area contributed by atoms with Crippen molar-refractivity contribution in [1.82, 2.24) is 14.6 Å². The molecule has 0 aliphatic rings. The lowest BCUT2D eigenvalue weighted by Crippen LogP contribution is -1.96. The molecule has 0 atom stereocenters. The summed E-state index contributed by atoms with van der Waals surface area (Å²) in [6, 6.07) is 0. The molecular formula is C10H13N3O. The molecule has 0 spiro atoms. The number of nitrogens with zero attached hydrogens (tertiary/aromatic N) is 3. The molecule has 2 aromatic rings. The number of ether oxygens (including phenoxy) is 1. The maximum atomic E-state index is 5.30. The van der Waals surface area contributed by atoms with Gasteiger partial charge < -0.3 is 4.74 Å². The second-order valence-electron chi connectivity index (χ2n) is 3.38. The molecule has 0 amide bonds. The van der Waals surface area contributed by atoms with Crippen molar-refractivity contribution in [2.24, 2.45) is 0 Å². The van der Waals surface area contributed by atoms with Crippen LogP contribution >= 0.6 is 0 Å². The minimum Gasteiger partial charge on any atom is -0.492 e. The summed E-state index contributed by atoms with van der Waals surface area (Å²) in [6.07, 6.45) is 1.90. The third-order valence-electron chi connectivity index (χ3n) is 2.23. The largest absolute Gasteiger partial charge is 0.492 e. The van der Waals surface area contributed by atoms with Crippen LogP contribution in [0.3, 0.4) is 0 Å². The molecule has 0 unspecified atom stereocenters. The average molecular weight is 191 g/mol. The Morgan fingerprint density at radius 1 is 1.21 bits per heavy atom. The molecule has 4 heteroatoms. The first-order chi connectivity index (χ1) is 6.63. The van der Waals surface area contributed by atoms with E-state index in [1.807, 2.05) is 31.5 Å². The van der Waals surface area contributed by atoms with Crippen LogP contribution in [0.1, 0.15) is 17.1 Å². The Hall–Kier alpha value is -1.58. The summed E-state index contributed by atoms with van der Waals surface area (Å²) in [7, 11) is 1.66. The van der Waals surface area contributed by atoms with E-state index in [4.69, 9.17) is 4.74 Å². The van der Waals surface area contributed by atoms with Gasteiger partial charge in [-0.25, -0.2) is 4.52 Å². The summed E-state index contributed by atoms with van der Waals surface area (Å²) in [5, 5.41) is 4.36. The zero-order chi connectivity index (χ0) is 10.3. The van der Waals surface area contributed by atoms with Gasteiger partial charge in [0.05, 0.1) is 24.7 Å². The standard InChI is InChI=1S/C10H13N3O/c1-6-5-13-9(7(2)11-6)10(14-4)8(3)12-13/h5H,1-4H3. The lowest BCUT2D eigenvalue weighted by atomic mass is 10.3. The van der Waals surface area contributed by atoms with Crippen LogP contribution in [0.25, 0.3) is 5.52 Å². The predicted octanol–water partition coefficient (Wildman–Crippen LogP) is 1.66. The Balaban J connectivity index is 2.88. The molecule has 2 rings (SSSR count). The summed E-state index contributed by atoms with van der Waals surface area (Å²) in [6.45, 7) is 5.85. The lowest BCUT2D eigenvalue weighted by molar-refractivity contribution is 0.416. The van der Waals surface area contributed by atoms with Crippen LogP contribution in [0.5, 0.6) is 5.75 Å². The van der Waals surface area contributed by atoms with Gasteiger partial charge >= 0.3 is 0 Å². The van der Waals surface area contributed by atoms with Gasteiger partial charge in [0.15, 0.2) is 5.75 Å². The van der Waals surface area contributed by atoms with E-state index < -0.39 is 0 Å². The molecule has 0 aromatic carbocycles. The fraction of sp³-hybridized carbons (Fsp3) is 0.400. The fourth-order valence-electron chi connectivity index (χ4n) is 1.72. The minimum absolute atomic E-state index is 0.815. The summed E-state index contributed by atoms with van der Waals surface area (Å²) < 4.78 is 7.12. The molecule has 0 aliphatic carbocycles. The van der Waals surface area contributed by atoms with Gasteiger partial charge in [0.25, 0.3) is 0 Å². The normalized spacial score (nSPS) is 10.9. The van der Waals surface area contributed by atoms with Crippen molar-refractivity contribution in [3.8, 4) is 5.75 Å². The first kappa shape index (κ1) is 8.99. The van der Waals surface area contributed by atoms with Crippen molar-refractivity contribution < 1.29 is 4.74 Å². The molecule has 74 valence electrons. The third-order valence-corrected chi connectivity index (χ3v) is 2.23. The van der Waals surface area contributed by atoms with Gasteiger partial charge in [-0.2, -0.15) is 5.10 Å². The zero-order valence-corrected chi connectivity index (χ0v) is 8.83. The fourth-order valence-corrected chi connectivity index (χ4v) is 1.72. The quantitative estimate of drug-likeness (QED) is 0.688. The number of hydrogen-bond acceptors (Lipinski definition) is 3. The van der Waals surface area contributed by atoms with Gasteiger partial charge in [0, 0.05) is 0 Å². The summed E-state index contributed by atoms with van der Waals surface area (Å²) >= 11 is 0. The summed E-state index contributed by atoms with van der Waals surface area (Å²) in [4.78, 5) is 4.38. The van der Waals surface area contributed by atoms with Crippen molar-refractivity contribution in [2.45, 2.75) is 20.8 Å². The monoisotopic (exact) mass is 191 g/mol.